The van der Waals surface area contributed by atoms with Gasteiger partial charge in [0, 0.05) is 25.6 Å². The van der Waals surface area contributed by atoms with Gasteiger partial charge >= 0.3 is 5.97 Å². The first kappa shape index (κ1) is 16.9. The molecule has 0 aromatic carbocycles. The quantitative estimate of drug-likeness (QED) is 0.566. The zero-order valence-electron chi connectivity index (χ0n) is 12.3. The van der Waals surface area contributed by atoms with Crippen molar-refractivity contribution < 1.29 is 14.7 Å². The predicted molar refractivity (Wildman–Crippen MR) is 77.4 cm³/mol. The van der Waals surface area contributed by atoms with Gasteiger partial charge in [0.1, 0.15) is 0 Å². The largest absolute Gasteiger partial charge is 0.481 e. The van der Waals surface area contributed by atoms with Gasteiger partial charge in [-0.15, -0.1) is 0 Å². The van der Waals surface area contributed by atoms with Crippen molar-refractivity contribution in [3.05, 3.63) is 0 Å². The lowest BCUT2D eigenvalue weighted by Gasteiger charge is -2.33. The summed E-state index contributed by atoms with van der Waals surface area (Å²) in [6.07, 6.45) is 4.85. The number of hydrogen-bond donors (Lipinski definition) is 3. The van der Waals surface area contributed by atoms with Crippen LogP contribution >= 0.6 is 0 Å². The fraction of sp³-hybridized carbons (Fsp3) is 0.857. The molecule has 1 rings (SSSR count). The summed E-state index contributed by atoms with van der Waals surface area (Å²) in [6, 6.07) is -0.0858. The van der Waals surface area contributed by atoms with Crippen molar-refractivity contribution in [2.24, 2.45) is 5.73 Å². The smallest absolute Gasteiger partial charge is 0.303 e. The summed E-state index contributed by atoms with van der Waals surface area (Å²) < 4.78 is 0. The molecule has 0 aliphatic carbocycles. The number of nitrogens with two attached hydrogens (primary N) is 1. The van der Waals surface area contributed by atoms with E-state index in [1.807, 2.05) is 0 Å². The number of piperidine rings is 1. The number of nitrogens with one attached hydrogen (secondary N) is 1. The van der Waals surface area contributed by atoms with Gasteiger partial charge < -0.3 is 21.1 Å². The van der Waals surface area contributed by atoms with Crippen LogP contribution in [0.2, 0.25) is 0 Å². The summed E-state index contributed by atoms with van der Waals surface area (Å²) in [6.45, 7) is 4.99. The Morgan fingerprint density at radius 2 is 2.20 bits per heavy atom. The minimum absolute atomic E-state index is 0.0696. The molecule has 4 N–H and O–H groups in total. The minimum Gasteiger partial charge on any atom is -0.481 e. The molecule has 1 aliphatic rings. The number of nitrogens with zero attached hydrogens (tertiary/aromatic N) is 1. The highest BCUT2D eigenvalue weighted by molar-refractivity contribution is 5.82. The van der Waals surface area contributed by atoms with E-state index in [-0.39, 0.29) is 18.7 Å². The first-order valence-corrected chi connectivity index (χ1v) is 7.50. The number of amides is 1. The second-order valence-electron chi connectivity index (χ2n) is 5.56. The summed E-state index contributed by atoms with van der Waals surface area (Å²) in [5, 5.41) is 11.3. The molecule has 1 heterocycles. The molecule has 0 aromatic rings. The molecule has 0 spiro atoms. The molecule has 6 nitrogen and oxygen atoms in total. The average Bonchev–Trinajstić information content (AvgIpc) is 2.42. The minimum atomic E-state index is -0.924. The van der Waals surface area contributed by atoms with Crippen molar-refractivity contribution in [2.75, 3.05) is 19.6 Å². The molecule has 0 bridgehead atoms. The summed E-state index contributed by atoms with van der Waals surface area (Å²) in [4.78, 5) is 24.5. The highest BCUT2D eigenvalue weighted by Crippen LogP contribution is 2.15. The molecule has 1 amide bonds. The number of carboxylic acids is 1. The van der Waals surface area contributed by atoms with Gasteiger partial charge in [-0.05, 0) is 39.2 Å². The standard InChI is InChI=1S/C14H27N3O3/c1-11-5-2-3-9-17(11)10-4-8-16-14(20)12(15)6-7-13(18)19/h11-12H,2-10,15H2,1H3,(H,16,20)(H,18,19). The van der Waals surface area contributed by atoms with Crippen LogP contribution in [-0.4, -0.2) is 53.6 Å². The Bertz CT molecular complexity index is 323. The van der Waals surface area contributed by atoms with Gasteiger partial charge in [0.2, 0.25) is 5.91 Å². The number of hydrogen-bond acceptors (Lipinski definition) is 4. The SMILES string of the molecule is CC1CCCCN1CCCNC(=O)C(N)CCC(=O)O. The van der Waals surface area contributed by atoms with E-state index in [1.54, 1.807) is 0 Å². The van der Waals surface area contributed by atoms with Crippen LogP contribution in [0.4, 0.5) is 0 Å². The molecule has 0 radical (unpaired) electrons. The van der Waals surface area contributed by atoms with Crippen LogP contribution in [0.15, 0.2) is 0 Å². The van der Waals surface area contributed by atoms with Gasteiger partial charge in [-0.3, -0.25) is 9.59 Å². The Morgan fingerprint density at radius 1 is 1.45 bits per heavy atom. The van der Waals surface area contributed by atoms with E-state index >= 15 is 0 Å². The van der Waals surface area contributed by atoms with Crippen molar-refractivity contribution in [1.29, 1.82) is 0 Å². The molecule has 2 unspecified atom stereocenters. The van der Waals surface area contributed by atoms with Gasteiger partial charge in [0.05, 0.1) is 6.04 Å². The number of aliphatic carboxylic acids is 1. The molecule has 0 aromatic heterocycles. The van der Waals surface area contributed by atoms with E-state index in [4.69, 9.17) is 10.8 Å². The monoisotopic (exact) mass is 285 g/mol. The zero-order chi connectivity index (χ0) is 15.0. The third-order valence-corrected chi connectivity index (χ3v) is 3.87. The van der Waals surface area contributed by atoms with Gasteiger partial charge in [0.15, 0.2) is 0 Å². The predicted octanol–water partition coefficient (Wildman–Crippen LogP) is 0.559. The molecule has 116 valence electrons. The fourth-order valence-electron chi connectivity index (χ4n) is 2.52. The third-order valence-electron chi connectivity index (χ3n) is 3.87. The van der Waals surface area contributed by atoms with Crippen molar-refractivity contribution >= 4 is 11.9 Å². The van der Waals surface area contributed by atoms with Crippen molar-refractivity contribution in [3.8, 4) is 0 Å². The van der Waals surface area contributed by atoms with E-state index in [9.17, 15) is 9.59 Å². The molecule has 20 heavy (non-hydrogen) atoms. The topological polar surface area (TPSA) is 95.7 Å². The van der Waals surface area contributed by atoms with E-state index in [1.165, 1.54) is 19.3 Å². The van der Waals surface area contributed by atoms with Crippen LogP contribution in [-0.2, 0) is 9.59 Å². The maximum atomic E-state index is 11.6. The van der Waals surface area contributed by atoms with Crippen LogP contribution in [0.25, 0.3) is 0 Å². The van der Waals surface area contributed by atoms with E-state index in [0.29, 0.717) is 12.6 Å². The molecule has 2 atom stereocenters. The summed E-state index contributed by atoms with van der Waals surface area (Å²) in [7, 11) is 0. The summed E-state index contributed by atoms with van der Waals surface area (Å²) >= 11 is 0. The Hall–Kier alpha value is -1.14. The maximum absolute atomic E-state index is 11.6. The Balaban J connectivity index is 2.10. The molecule has 1 fully saturated rings. The number of carboxylic acid groups (broad SMARTS) is 1. The molecule has 1 saturated heterocycles. The highest BCUT2D eigenvalue weighted by atomic mass is 16.4. The second kappa shape index (κ2) is 8.92. The zero-order valence-corrected chi connectivity index (χ0v) is 12.3. The fourth-order valence-corrected chi connectivity index (χ4v) is 2.52. The number of carbonyl (C=O) groups is 2. The lowest BCUT2D eigenvalue weighted by atomic mass is 10.0. The van der Waals surface area contributed by atoms with Gasteiger partial charge in [-0.2, -0.15) is 0 Å². The van der Waals surface area contributed by atoms with Crippen LogP contribution in [0.1, 0.15) is 45.4 Å². The molecule has 1 aliphatic heterocycles. The Labute approximate surface area is 120 Å². The van der Waals surface area contributed by atoms with Crippen molar-refractivity contribution in [3.63, 3.8) is 0 Å². The Morgan fingerprint density at radius 3 is 2.85 bits per heavy atom. The number of likely N-dealkylation sites (tertiary alicyclic amines) is 1. The van der Waals surface area contributed by atoms with Crippen LogP contribution < -0.4 is 11.1 Å². The lowest BCUT2D eigenvalue weighted by molar-refractivity contribution is -0.137. The molecular formula is C14H27N3O3. The second-order valence-corrected chi connectivity index (χ2v) is 5.56. The lowest BCUT2D eigenvalue weighted by Crippen LogP contribution is -2.43. The normalized spacial score (nSPS) is 21.4. The molecule has 0 saturated carbocycles. The average molecular weight is 285 g/mol. The van der Waals surface area contributed by atoms with Gasteiger partial charge in [-0.25, -0.2) is 0 Å². The van der Waals surface area contributed by atoms with Crippen LogP contribution in [0.5, 0.6) is 0 Å². The number of rotatable bonds is 8. The number of carbonyl (C=O) groups excluding carboxylic acids is 1. The first-order chi connectivity index (χ1) is 9.50. The van der Waals surface area contributed by atoms with E-state index in [0.717, 1.165) is 19.5 Å². The van der Waals surface area contributed by atoms with E-state index < -0.39 is 12.0 Å². The van der Waals surface area contributed by atoms with E-state index in [2.05, 4.69) is 17.1 Å². The van der Waals surface area contributed by atoms with Crippen molar-refractivity contribution in [1.82, 2.24) is 10.2 Å². The maximum Gasteiger partial charge on any atom is 0.303 e. The molecule has 6 heteroatoms. The third kappa shape index (κ3) is 6.34. The van der Waals surface area contributed by atoms with Gasteiger partial charge in [-0.1, -0.05) is 6.42 Å². The highest BCUT2D eigenvalue weighted by Gasteiger charge is 2.18. The van der Waals surface area contributed by atoms with Gasteiger partial charge in [0.25, 0.3) is 0 Å². The summed E-state index contributed by atoms with van der Waals surface area (Å²) in [5.74, 6) is -1.18. The summed E-state index contributed by atoms with van der Waals surface area (Å²) in [5.41, 5.74) is 5.63. The van der Waals surface area contributed by atoms with Crippen molar-refractivity contribution in [2.45, 2.75) is 57.5 Å². The van der Waals surface area contributed by atoms with Crippen LogP contribution in [0, 0.1) is 0 Å². The first-order valence-electron chi connectivity index (χ1n) is 7.50. The molecular weight excluding hydrogens is 258 g/mol. The Kier molecular flexibility index (Phi) is 7.54. The van der Waals surface area contributed by atoms with Crippen LogP contribution in [0.3, 0.4) is 0 Å².